The van der Waals surface area contributed by atoms with E-state index in [1.165, 1.54) is 0 Å². The highest BCUT2D eigenvalue weighted by molar-refractivity contribution is 6.69. The van der Waals surface area contributed by atoms with Crippen LogP contribution in [0.25, 0.3) is 0 Å². The molecule has 2 aliphatic carbocycles. The van der Waals surface area contributed by atoms with Crippen LogP contribution in [0.3, 0.4) is 0 Å². The van der Waals surface area contributed by atoms with Crippen LogP contribution >= 0.6 is 0 Å². The van der Waals surface area contributed by atoms with Crippen LogP contribution < -0.4 is 0 Å². The van der Waals surface area contributed by atoms with Gasteiger partial charge in [0, 0.05) is 6.42 Å². The third kappa shape index (κ3) is 4.08. The molecular formula is C18H32O3Si. The van der Waals surface area contributed by atoms with Crippen LogP contribution in [0.5, 0.6) is 0 Å². The van der Waals surface area contributed by atoms with Crippen molar-refractivity contribution in [1.82, 2.24) is 0 Å². The number of hydrogen-bond acceptors (Lipinski definition) is 3. The molecule has 126 valence electrons. The minimum absolute atomic E-state index is 0.0974. The Morgan fingerprint density at radius 3 is 2.32 bits per heavy atom. The zero-order chi connectivity index (χ0) is 16.6. The molecule has 0 spiro atoms. The van der Waals surface area contributed by atoms with Gasteiger partial charge in [0.1, 0.15) is 0 Å². The fraction of sp³-hybridized carbons (Fsp3) is 0.889. The lowest BCUT2D eigenvalue weighted by atomic mass is 9.68. The molecule has 0 aromatic rings. The predicted molar refractivity (Wildman–Crippen MR) is 91.4 cm³/mol. The van der Waals surface area contributed by atoms with Crippen molar-refractivity contribution in [3.05, 3.63) is 0 Å². The Kier molecular flexibility index (Phi) is 5.03. The van der Waals surface area contributed by atoms with Crippen molar-refractivity contribution in [2.24, 2.45) is 11.3 Å². The van der Waals surface area contributed by atoms with Gasteiger partial charge in [-0.3, -0.25) is 9.59 Å². The van der Waals surface area contributed by atoms with Gasteiger partial charge in [0.2, 0.25) is 5.78 Å². The third-order valence-corrected chi connectivity index (χ3v) is 6.21. The number of carbonyl (C=O) groups is 2. The topological polar surface area (TPSA) is 43.4 Å². The Morgan fingerprint density at radius 2 is 1.68 bits per heavy atom. The Labute approximate surface area is 136 Å². The molecule has 0 aromatic carbocycles. The predicted octanol–water partition coefficient (Wildman–Crippen LogP) is 4.51. The lowest BCUT2D eigenvalue weighted by molar-refractivity contribution is -0.148. The van der Waals surface area contributed by atoms with E-state index < -0.39 is 8.32 Å². The first-order valence-electron chi connectivity index (χ1n) is 8.82. The quantitative estimate of drug-likeness (QED) is 0.554. The van der Waals surface area contributed by atoms with Crippen molar-refractivity contribution in [3.8, 4) is 0 Å². The van der Waals surface area contributed by atoms with E-state index in [1.807, 2.05) is 0 Å². The summed E-state index contributed by atoms with van der Waals surface area (Å²) >= 11 is 0. The lowest BCUT2D eigenvalue weighted by Crippen LogP contribution is -2.53. The zero-order valence-electron chi connectivity index (χ0n) is 15.0. The Balaban J connectivity index is 2.43. The van der Waals surface area contributed by atoms with Crippen LogP contribution in [0.1, 0.15) is 65.2 Å². The number of fused-ring (bicyclic) bond motifs is 1. The van der Waals surface area contributed by atoms with Gasteiger partial charge in [0.25, 0.3) is 0 Å². The highest BCUT2D eigenvalue weighted by Crippen LogP contribution is 2.46. The molecule has 0 radical (unpaired) electrons. The Bertz CT molecular complexity index is 450. The summed E-state index contributed by atoms with van der Waals surface area (Å²) in [5.74, 6) is -0.515. The van der Waals surface area contributed by atoms with Crippen molar-refractivity contribution in [2.75, 3.05) is 0 Å². The zero-order valence-corrected chi connectivity index (χ0v) is 16.0. The maximum atomic E-state index is 12.8. The van der Waals surface area contributed by atoms with Crippen molar-refractivity contribution in [2.45, 2.75) is 90.5 Å². The Hall–Kier alpha value is -0.483. The molecule has 4 heteroatoms. The Morgan fingerprint density at radius 1 is 1.00 bits per heavy atom. The molecule has 2 rings (SSSR count). The first kappa shape index (κ1) is 17.9. The van der Waals surface area contributed by atoms with Crippen LogP contribution in [0.4, 0.5) is 0 Å². The highest BCUT2D eigenvalue weighted by Gasteiger charge is 2.50. The number of hydrogen-bond donors (Lipinski definition) is 0. The van der Waals surface area contributed by atoms with Crippen molar-refractivity contribution in [1.29, 1.82) is 0 Å². The second-order valence-corrected chi connectivity index (χ2v) is 13.5. The van der Waals surface area contributed by atoms with Crippen LogP contribution in [-0.2, 0) is 14.0 Å². The average Bonchev–Trinajstić information content (AvgIpc) is 2.55. The van der Waals surface area contributed by atoms with E-state index in [2.05, 4.69) is 33.5 Å². The van der Waals surface area contributed by atoms with Crippen LogP contribution in [0.15, 0.2) is 0 Å². The molecule has 2 fully saturated rings. The molecule has 2 aliphatic rings. The second kappa shape index (κ2) is 6.20. The van der Waals surface area contributed by atoms with Gasteiger partial charge in [-0.2, -0.15) is 0 Å². The summed E-state index contributed by atoms with van der Waals surface area (Å²) in [5.41, 5.74) is -0.481. The SMILES string of the molecule is CC1(C)CC[C@]2(O[Si](C)(C)C)CCCCC[C@@H]2C(=O)C(=O)C1. The molecule has 0 aromatic heterocycles. The van der Waals surface area contributed by atoms with Gasteiger partial charge in [-0.1, -0.05) is 33.1 Å². The first-order valence-corrected chi connectivity index (χ1v) is 12.2. The van der Waals surface area contributed by atoms with E-state index in [-0.39, 0.29) is 28.5 Å². The summed E-state index contributed by atoms with van der Waals surface area (Å²) in [6, 6.07) is 0. The maximum absolute atomic E-state index is 12.8. The molecule has 0 amide bonds. The largest absolute Gasteiger partial charge is 0.411 e. The molecule has 0 bridgehead atoms. The van der Waals surface area contributed by atoms with Gasteiger partial charge in [-0.25, -0.2) is 0 Å². The monoisotopic (exact) mass is 324 g/mol. The van der Waals surface area contributed by atoms with Gasteiger partial charge in [-0.05, 0) is 50.7 Å². The molecule has 0 saturated heterocycles. The molecule has 22 heavy (non-hydrogen) atoms. The smallest absolute Gasteiger partial charge is 0.204 e. The molecule has 0 unspecified atom stereocenters. The molecule has 2 atom stereocenters. The van der Waals surface area contributed by atoms with E-state index in [9.17, 15) is 9.59 Å². The molecule has 0 aliphatic heterocycles. The first-order chi connectivity index (χ1) is 10.0. The molecule has 2 saturated carbocycles. The fourth-order valence-corrected chi connectivity index (χ4v) is 5.76. The average molecular weight is 325 g/mol. The molecular weight excluding hydrogens is 292 g/mol. The van der Waals surface area contributed by atoms with Gasteiger partial charge in [-0.15, -0.1) is 0 Å². The van der Waals surface area contributed by atoms with E-state index in [0.717, 1.165) is 44.9 Å². The summed E-state index contributed by atoms with van der Waals surface area (Å²) in [5, 5.41) is 0. The second-order valence-electron chi connectivity index (χ2n) is 9.06. The minimum atomic E-state index is -1.78. The summed E-state index contributed by atoms with van der Waals surface area (Å²) in [7, 11) is -1.78. The van der Waals surface area contributed by atoms with Crippen LogP contribution in [0, 0.1) is 11.3 Å². The highest BCUT2D eigenvalue weighted by atomic mass is 28.4. The number of Topliss-reactive ketones (excluding diaryl/α,β-unsaturated/α-hetero) is 2. The number of ketones is 2. The molecule has 3 nitrogen and oxygen atoms in total. The van der Waals surface area contributed by atoms with Crippen LogP contribution in [-0.4, -0.2) is 25.5 Å². The minimum Gasteiger partial charge on any atom is -0.411 e. The van der Waals surface area contributed by atoms with E-state index in [1.54, 1.807) is 0 Å². The van der Waals surface area contributed by atoms with Crippen LogP contribution in [0.2, 0.25) is 19.6 Å². The van der Waals surface area contributed by atoms with Gasteiger partial charge in [0.15, 0.2) is 14.1 Å². The summed E-state index contributed by atoms with van der Waals surface area (Å²) in [4.78, 5) is 25.3. The van der Waals surface area contributed by atoms with Gasteiger partial charge >= 0.3 is 0 Å². The van der Waals surface area contributed by atoms with E-state index in [4.69, 9.17) is 4.43 Å². The number of rotatable bonds is 2. The summed E-state index contributed by atoms with van der Waals surface area (Å²) in [6.07, 6.45) is 7.36. The lowest BCUT2D eigenvalue weighted by Gasteiger charge is -2.46. The standard InChI is InChI=1S/C18H32O3Si/c1-17(2)11-12-18(21-22(3,4)5)10-8-6-7-9-14(18)16(20)15(19)13-17/h14H,6-13H2,1-5H3/t14-,18-/m1/s1. The molecule has 0 heterocycles. The third-order valence-electron chi connectivity index (χ3n) is 5.19. The summed E-state index contributed by atoms with van der Waals surface area (Å²) < 4.78 is 6.66. The summed E-state index contributed by atoms with van der Waals surface area (Å²) in [6.45, 7) is 10.8. The number of carbonyl (C=O) groups excluding carboxylic acids is 2. The van der Waals surface area contributed by atoms with Crippen molar-refractivity contribution >= 4 is 19.9 Å². The van der Waals surface area contributed by atoms with Gasteiger partial charge < -0.3 is 4.43 Å². The van der Waals surface area contributed by atoms with Crippen molar-refractivity contribution < 1.29 is 14.0 Å². The fourth-order valence-electron chi connectivity index (χ4n) is 4.19. The van der Waals surface area contributed by atoms with E-state index >= 15 is 0 Å². The van der Waals surface area contributed by atoms with Crippen molar-refractivity contribution in [3.63, 3.8) is 0 Å². The molecule has 0 N–H and O–H groups in total. The maximum Gasteiger partial charge on any atom is 0.204 e. The van der Waals surface area contributed by atoms with Gasteiger partial charge in [0.05, 0.1) is 11.5 Å². The normalized spacial score (nSPS) is 33.6. The van der Waals surface area contributed by atoms with E-state index in [0.29, 0.717) is 6.42 Å².